The average molecular weight is 210 g/mol. The van der Waals surface area contributed by atoms with Gasteiger partial charge in [0.1, 0.15) is 12.0 Å². The van der Waals surface area contributed by atoms with Gasteiger partial charge in [-0.25, -0.2) is 4.98 Å². The molecule has 15 heavy (non-hydrogen) atoms. The van der Waals surface area contributed by atoms with Crippen LogP contribution in [0.2, 0.25) is 0 Å². The molecule has 1 aliphatic rings. The van der Waals surface area contributed by atoms with Crippen LogP contribution in [-0.2, 0) is 4.74 Å². The molecule has 0 aromatic carbocycles. The van der Waals surface area contributed by atoms with Crippen LogP contribution < -0.4 is 15.4 Å². The normalized spacial score (nSPS) is 16.5. The number of methoxy groups -OCH3 is 1. The monoisotopic (exact) mass is 210 g/mol. The van der Waals surface area contributed by atoms with Gasteiger partial charge in [0.25, 0.3) is 0 Å². The zero-order valence-corrected chi connectivity index (χ0v) is 8.64. The summed E-state index contributed by atoms with van der Waals surface area (Å²) < 4.78 is 10.3. The summed E-state index contributed by atoms with van der Waals surface area (Å²) in [6, 6.07) is 0. The van der Waals surface area contributed by atoms with E-state index >= 15 is 0 Å². The third-order valence-electron chi connectivity index (χ3n) is 2.33. The quantitative estimate of drug-likeness (QED) is 0.735. The molecule has 0 aliphatic carbocycles. The van der Waals surface area contributed by atoms with Gasteiger partial charge < -0.3 is 20.1 Å². The van der Waals surface area contributed by atoms with E-state index in [-0.39, 0.29) is 0 Å². The van der Waals surface area contributed by atoms with Gasteiger partial charge in [0.05, 0.1) is 20.3 Å². The number of nitrogens with two attached hydrogens (primary N) is 1. The molecule has 2 N–H and O–H groups in total. The van der Waals surface area contributed by atoms with Crippen LogP contribution in [0.3, 0.4) is 0 Å². The van der Waals surface area contributed by atoms with E-state index in [2.05, 4.69) is 14.9 Å². The second kappa shape index (κ2) is 4.31. The first kappa shape index (κ1) is 9.97. The highest BCUT2D eigenvalue weighted by atomic mass is 16.5. The minimum Gasteiger partial charge on any atom is -0.479 e. The van der Waals surface area contributed by atoms with E-state index in [9.17, 15) is 0 Å². The van der Waals surface area contributed by atoms with E-state index in [0.29, 0.717) is 24.8 Å². The van der Waals surface area contributed by atoms with E-state index in [1.54, 1.807) is 7.11 Å². The molecule has 82 valence electrons. The van der Waals surface area contributed by atoms with Crippen LogP contribution in [-0.4, -0.2) is 43.4 Å². The number of hydrogen-bond donors (Lipinski definition) is 1. The number of aromatic nitrogens is 2. The van der Waals surface area contributed by atoms with Crippen molar-refractivity contribution in [3.05, 3.63) is 6.33 Å². The Bertz CT molecular complexity index is 339. The van der Waals surface area contributed by atoms with Crippen molar-refractivity contribution in [3.63, 3.8) is 0 Å². The van der Waals surface area contributed by atoms with E-state index in [1.165, 1.54) is 6.33 Å². The van der Waals surface area contributed by atoms with Crippen LogP contribution in [0.25, 0.3) is 0 Å². The molecular weight excluding hydrogens is 196 g/mol. The first-order chi connectivity index (χ1) is 7.33. The molecule has 0 saturated carbocycles. The zero-order chi connectivity index (χ0) is 10.7. The number of morpholine rings is 1. The number of hydrogen-bond acceptors (Lipinski definition) is 6. The van der Waals surface area contributed by atoms with Crippen molar-refractivity contribution in [1.82, 2.24) is 9.97 Å². The predicted molar refractivity (Wildman–Crippen MR) is 56.0 cm³/mol. The molecule has 0 spiro atoms. The van der Waals surface area contributed by atoms with Crippen LogP contribution in [0.1, 0.15) is 0 Å². The summed E-state index contributed by atoms with van der Waals surface area (Å²) in [6.45, 7) is 2.99. The van der Waals surface area contributed by atoms with Gasteiger partial charge in [-0.15, -0.1) is 0 Å². The number of rotatable bonds is 2. The minimum absolute atomic E-state index is 0.423. The maximum absolute atomic E-state index is 5.89. The van der Waals surface area contributed by atoms with Gasteiger partial charge in [0.2, 0.25) is 5.88 Å². The van der Waals surface area contributed by atoms with Crippen molar-refractivity contribution in [1.29, 1.82) is 0 Å². The van der Waals surface area contributed by atoms with Gasteiger partial charge >= 0.3 is 0 Å². The Morgan fingerprint density at radius 3 is 2.80 bits per heavy atom. The lowest BCUT2D eigenvalue weighted by Gasteiger charge is -2.28. The molecule has 0 atom stereocenters. The average Bonchev–Trinajstić information content (AvgIpc) is 2.30. The molecule has 0 bridgehead atoms. The SMILES string of the molecule is COc1ncnc(N2CCOCC2)c1N. The maximum Gasteiger partial charge on any atom is 0.242 e. The second-order valence-corrected chi connectivity index (χ2v) is 3.22. The fourth-order valence-electron chi connectivity index (χ4n) is 1.56. The highest BCUT2D eigenvalue weighted by Gasteiger charge is 2.17. The molecule has 1 saturated heterocycles. The molecule has 1 aromatic rings. The fourth-order valence-corrected chi connectivity index (χ4v) is 1.56. The summed E-state index contributed by atoms with van der Waals surface area (Å²) in [5.74, 6) is 1.15. The lowest BCUT2D eigenvalue weighted by Crippen LogP contribution is -2.37. The standard InChI is InChI=1S/C9H14N4O2/c1-14-9-7(10)8(11-6-12-9)13-2-4-15-5-3-13/h6H,2-5,10H2,1H3. The summed E-state index contributed by atoms with van der Waals surface area (Å²) in [5.41, 5.74) is 6.38. The summed E-state index contributed by atoms with van der Waals surface area (Å²) >= 11 is 0. The largest absolute Gasteiger partial charge is 0.479 e. The van der Waals surface area contributed by atoms with Crippen LogP contribution in [0, 0.1) is 0 Å². The highest BCUT2D eigenvalue weighted by Crippen LogP contribution is 2.27. The van der Waals surface area contributed by atoms with Gasteiger partial charge in [-0.05, 0) is 0 Å². The molecule has 0 unspecified atom stereocenters. The van der Waals surface area contributed by atoms with E-state index in [1.807, 2.05) is 0 Å². The van der Waals surface area contributed by atoms with Crippen molar-refractivity contribution in [2.45, 2.75) is 0 Å². The van der Waals surface area contributed by atoms with Crippen LogP contribution in [0.4, 0.5) is 11.5 Å². The molecule has 6 nitrogen and oxygen atoms in total. The number of nitrogens with zero attached hydrogens (tertiary/aromatic N) is 3. The van der Waals surface area contributed by atoms with Gasteiger partial charge in [-0.1, -0.05) is 0 Å². The molecule has 2 heterocycles. The Balaban J connectivity index is 2.26. The van der Waals surface area contributed by atoms with E-state index in [0.717, 1.165) is 18.9 Å². The number of ether oxygens (including phenoxy) is 2. The molecule has 1 aromatic heterocycles. The molecule has 2 rings (SSSR count). The Kier molecular flexibility index (Phi) is 2.86. The zero-order valence-electron chi connectivity index (χ0n) is 8.64. The first-order valence-corrected chi connectivity index (χ1v) is 4.80. The van der Waals surface area contributed by atoms with Gasteiger partial charge in [-0.2, -0.15) is 4.98 Å². The summed E-state index contributed by atoms with van der Waals surface area (Å²) in [5, 5.41) is 0. The Hall–Kier alpha value is -1.56. The van der Waals surface area contributed by atoms with Gasteiger partial charge in [0, 0.05) is 13.1 Å². The second-order valence-electron chi connectivity index (χ2n) is 3.22. The Morgan fingerprint density at radius 1 is 1.40 bits per heavy atom. The third kappa shape index (κ3) is 1.94. The van der Waals surface area contributed by atoms with Crippen LogP contribution >= 0.6 is 0 Å². The summed E-state index contributed by atoms with van der Waals surface area (Å²) in [4.78, 5) is 10.2. The van der Waals surface area contributed by atoms with Crippen molar-refractivity contribution < 1.29 is 9.47 Å². The van der Waals surface area contributed by atoms with Crippen LogP contribution in [0.5, 0.6) is 5.88 Å². The molecule has 6 heteroatoms. The molecule has 1 aliphatic heterocycles. The topological polar surface area (TPSA) is 73.5 Å². The van der Waals surface area contributed by atoms with Gasteiger partial charge in [0.15, 0.2) is 5.82 Å². The Morgan fingerprint density at radius 2 is 2.13 bits per heavy atom. The van der Waals surface area contributed by atoms with E-state index in [4.69, 9.17) is 15.2 Å². The summed E-state index contributed by atoms with van der Waals surface area (Å²) in [6.07, 6.45) is 1.46. The fraction of sp³-hybridized carbons (Fsp3) is 0.556. The van der Waals surface area contributed by atoms with Crippen molar-refractivity contribution in [2.75, 3.05) is 44.0 Å². The van der Waals surface area contributed by atoms with Gasteiger partial charge in [-0.3, -0.25) is 0 Å². The van der Waals surface area contributed by atoms with Crippen molar-refractivity contribution in [3.8, 4) is 5.88 Å². The van der Waals surface area contributed by atoms with Crippen molar-refractivity contribution in [2.24, 2.45) is 0 Å². The Labute approximate surface area is 88.0 Å². The molecule has 1 fully saturated rings. The number of anilines is 2. The molecule has 0 radical (unpaired) electrons. The maximum atomic E-state index is 5.89. The van der Waals surface area contributed by atoms with E-state index < -0.39 is 0 Å². The first-order valence-electron chi connectivity index (χ1n) is 4.80. The van der Waals surface area contributed by atoms with Crippen LogP contribution in [0.15, 0.2) is 6.33 Å². The number of nitrogen functional groups attached to an aromatic ring is 1. The summed E-state index contributed by atoms with van der Waals surface area (Å²) in [7, 11) is 1.54. The highest BCUT2D eigenvalue weighted by molar-refractivity contribution is 5.67. The smallest absolute Gasteiger partial charge is 0.242 e. The third-order valence-corrected chi connectivity index (χ3v) is 2.33. The molecular formula is C9H14N4O2. The molecule has 0 amide bonds. The lowest BCUT2D eigenvalue weighted by atomic mass is 10.3. The minimum atomic E-state index is 0.423. The lowest BCUT2D eigenvalue weighted by molar-refractivity contribution is 0.122. The van der Waals surface area contributed by atoms with Crippen molar-refractivity contribution >= 4 is 11.5 Å². The predicted octanol–water partition coefficient (Wildman–Crippen LogP) is -0.0960.